The number of hydrogen-bond acceptors (Lipinski definition) is 8. The third kappa shape index (κ3) is 54.1. The molecule has 0 spiro atoms. The number of likely N-dealkylation sites (N-methyl/N-ethyl adjacent to an activating group) is 1. The zero-order valence-electron chi connectivity index (χ0n) is 46.3. The molecule has 0 aliphatic rings. The Kier molecular flexibility index (Phi) is 50.2. The Balaban J connectivity index is 4.29. The normalized spacial score (nSPS) is 13.4. The van der Waals surface area contributed by atoms with Crippen molar-refractivity contribution in [2.45, 2.75) is 245 Å². The van der Waals surface area contributed by atoms with E-state index in [2.05, 4.69) is 98.9 Å². The van der Waals surface area contributed by atoms with Crippen LogP contribution in [0.25, 0.3) is 0 Å². The number of carboxylic acids is 1. The van der Waals surface area contributed by atoms with Gasteiger partial charge in [-0.2, -0.15) is 0 Å². The number of ether oxygens (including phenoxy) is 4. The minimum Gasteiger partial charge on any atom is -0.545 e. The largest absolute Gasteiger partial charge is 0.545 e. The number of esters is 2. The molecule has 0 amide bonds. The molecule has 0 aliphatic heterocycles. The first-order chi connectivity index (χ1) is 34.6. The van der Waals surface area contributed by atoms with Crippen molar-refractivity contribution >= 4 is 17.9 Å². The van der Waals surface area contributed by atoms with Gasteiger partial charge < -0.3 is 33.3 Å². The van der Waals surface area contributed by atoms with E-state index >= 15 is 0 Å². The maximum atomic E-state index is 12.8. The van der Waals surface area contributed by atoms with Crippen molar-refractivity contribution in [3.8, 4) is 0 Å². The molecular formula is C62H107NO8. The maximum Gasteiger partial charge on any atom is 0.306 e. The molecule has 9 nitrogen and oxygen atoms in total. The zero-order chi connectivity index (χ0) is 52.0. The molecule has 408 valence electrons. The molecule has 0 N–H and O–H groups in total. The standard InChI is InChI=1S/C62H107NO8/c1-6-8-10-12-14-16-18-20-22-24-26-28-29-30-31-33-34-36-38-40-42-44-46-48-50-52-59(64)69-56-58(57-70-62(61(66)67)68-55-54-63(3,4)5)71-60(65)53-51-49-47-45-43-41-39-37-35-32-27-25-23-21-19-17-15-13-11-9-7-2/h9,11,15,17-18,20-21,23-24,26-27,32,37,39,58,62H,6-8,10,12-14,16,19,22,25,28-31,33-36,38,40-57H2,1-5H3/b11-9-,17-15-,20-18-,23-21-,26-24-,32-27-,39-37-. The highest BCUT2D eigenvalue weighted by Gasteiger charge is 2.22. The molecular weight excluding hydrogens is 887 g/mol. The monoisotopic (exact) mass is 994 g/mol. The van der Waals surface area contributed by atoms with Crippen LogP contribution < -0.4 is 5.11 Å². The lowest BCUT2D eigenvalue weighted by Gasteiger charge is -2.26. The third-order valence-electron chi connectivity index (χ3n) is 12.1. The maximum absolute atomic E-state index is 12.8. The minimum absolute atomic E-state index is 0.140. The van der Waals surface area contributed by atoms with Gasteiger partial charge in [0.25, 0.3) is 0 Å². The number of carbonyl (C=O) groups excluding carboxylic acids is 3. The van der Waals surface area contributed by atoms with Crippen LogP contribution in [0.1, 0.15) is 232 Å². The molecule has 0 bridgehead atoms. The lowest BCUT2D eigenvalue weighted by Crippen LogP contribution is -2.44. The summed E-state index contributed by atoms with van der Waals surface area (Å²) in [7, 11) is 5.91. The second-order valence-electron chi connectivity index (χ2n) is 20.2. The number of rotatable bonds is 52. The van der Waals surface area contributed by atoms with Crippen LogP contribution in [0.3, 0.4) is 0 Å². The summed E-state index contributed by atoms with van der Waals surface area (Å²) in [5.74, 6) is -2.31. The van der Waals surface area contributed by atoms with E-state index in [4.69, 9.17) is 18.9 Å². The van der Waals surface area contributed by atoms with Gasteiger partial charge in [-0.25, -0.2) is 0 Å². The quantitative estimate of drug-likeness (QED) is 0.0195. The number of quaternary nitrogens is 1. The highest BCUT2D eigenvalue weighted by atomic mass is 16.7. The first-order valence-corrected chi connectivity index (χ1v) is 28.7. The van der Waals surface area contributed by atoms with Gasteiger partial charge in [0.05, 0.1) is 40.3 Å². The molecule has 9 heteroatoms. The molecule has 0 fully saturated rings. The van der Waals surface area contributed by atoms with E-state index in [0.717, 1.165) is 89.9 Å². The Morgan fingerprint density at radius 2 is 0.803 bits per heavy atom. The van der Waals surface area contributed by atoms with Crippen LogP contribution in [0, 0.1) is 0 Å². The summed E-state index contributed by atoms with van der Waals surface area (Å²) >= 11 is 0. The topological polar surface area (TPSA) is 111 Å². The smallest absolute Gasteiger partial charge is 0.306 e. The summed E-state index contributed by atoms with van der Waals surface area (Å²) in [5, 5.41) is 11.8. The Hall–Kier alpha value is -3.53. The Morgan fingerprint density at radius 1 is 0.437 bits per heavy atom. The van der Waals surface area contributed by atoms with Crippen LogP contribution in [0.4, 0.5) is 0 Å². The Bertz CT molecular complexity index is 1440. The lowest BCUT2D eigenvalue weighted by atomic mass is 10.0. The number of carboxylic acid groups (broad SMARTS) is 1. The fraction of sp³-hybridized carbons (Fsp3) is 0.726. The summed E-state index contributed by atoms with van der Waals surface area (Å²) in [5.41, 5.74) is 0. The van der Waals surface area contributed by atoms with Gasteiger partial charge in [0.15, 0.2) is 12.4 Å². The van der Waals surface area contributed by atoms with E-state index in [9.17, 15) is 19.5 Å². The lowest BCUT2D eigenvalue weighted by molar-refractivity contribution is -0.870. The van der Waals surface area contributed by atoms with Crippen LogP contribution in [-0.2, 0) is 33.3 Å². The van der Waals surface area contributed by atoms with Crippen LogP contribution in [0.15, 0.2) is 85.1 Å². The molecule has 0 saturated heterocycles. The summed E-state index contributed by atoms with van der Waals surface area (Å²) in [6.45, 7) is 4.60. The van der Waals surface area contributed by atoms with Gasteiger partial charge in [-0.05, 0) is 89.9 Å². The first-order valence-electron chi connectivity index (χ1n) is 28.7. The van der Waals surface area contributed by atoms with Gasteiger partial charge in [-0.3, -0.25) is 9.59 Å². The van der Waals surface area contributed by atoms with Gasteiger partial charge in [0, 0.05) is 12.8 Å². The molecule has 0 radical (unpaired) electrons. The molecule has 0 rings (SSSR count). The van der Waals surface area contributed by atoms with Crippen molar-refractivity contribution in [2.75, 3.05) is 47.5 Å². The van der Waals surface area contributed by atoms with Gasteiger partial charge in [0.2, 0.25) is 0 Å². The van der Waals surface area contributed by atoms with E-state index in [1.807, 2.05) is 21.1 Å². The molecule has 0 aromatic heterocycles. The molecule has 2 unspecified atom stereocenters. The van der Waals surface area contributed by atoms with Crippen molar-refractivity contribution in [2.24, 2.45) is 0 Å². The number of aliphatic carboxylic acids is 1. The Morgan fingerprint density at radius 3 is 1.20 bits per heavy atom. The number of nitrogens with zero attached hydrogens (tertiary/aromatic N) is 1. The van der Waals surface area contributed by atoms with Crippen molar-refractivity contribution in [1.29, 1.82) is 0 Å². The summed E-state index contributed by atoms with van der Waals surface area (Å²) < 4.78 is 22.7. The van der Waals surface area contributed by atoms with Gasteiger partial charge in [0.1, 0.15) is 13.2 Å². The number of unbranched alkanes of at least 4 members (excludes halogenated alkanes) is 23. The predicted octanol–water partition coefficient (Wildman–Crippen LogP) is 15.5. The second-order valence-corrected chi connectivity index (χ2v) is 20.2. The number of carbonyl (C=O) groups is 3. The number of hydrogen-bond donors (Lipinski definition) is 0. The first kappa shape index (κ1) is 67.5. The number of allylic oxidation sites excluding steroid dienone is 14. The predicted molar refractivity (Wildman–Crippen MR) is 297 cm³/mol. The van der Waals surface area contributed by atoms with E-state index < -0.39 is 24.3 Å². The van der Waals surface area contributed by atoms with Gasteiger partial charge >= 0.3 is 11.9 Å². The summed E-state index contributed by atoms with van der Waals surface area (Å²) in [4.78, 5) is 37.3. The molecule has 0 heterocycles. The minimum atomic E-state index is -1.63. The molecule has 0 saturated carbocycles. The summed E-state index contributed by atoms with van der Waals surface area (Å²) in [6.07, 6.45) is 66.2. The van der Waals surface area contributed by atoms with Crippen LogP contribution in [0.2, 0.25) is 0 Å². The molecule has 2 atom stereocenters. The van der Waals surface area contributed by atoms with Crippen LogP contribution in [-0.4, -0.2) is 82.3 Å². The molecule has 0 aromatic carbocycles. The van der Waals surface area contributed by atoms with E-state index in [1.165, 1.54) is 109 Å². The van der Waals surface area contributed by atoms with Crippen molar-refractivity contribution in [3.05, 3.63) is 85.1 Å². The van der Waals surface area contributed by atoms with Crippen molar-refractivity contribution in [3.63, 3.8) is 0 Å². The van der Waals surface area contributed by atoms with Gasteiger partial charge in [-0.1, -0.05) is 214 Å². The van der Waals surface area contributed by atoms with Crippen LogP contribution in [0.5, 0.6) is 0 Å². The van der Waals surface area contributed by atoms with Crippen molar-refractivity contribution in [1.82, 2.24) is 0 Å². The van der Waals surface area contributed by atoms with E-state index in [-0.39, 0.29) is 38.6 Å². The molecule has 0 aromatic rings. The highest BCUT2D eigenvalue weighted by Crippen LogP contribution is 2.15. The fourth-order valence-corrected chi connectivity index (χ4v) is 7.71. The summed E-state index contributed by atoms with van der Waals surface area (Å²) in [6, 6.07) is 0. The fourth-order valence-electron chi connectivity index (χ4n) is 7.71. The molecule has 71 heavy (non-hydrogen) atoms. The van der Waals surface area contributed by atoms with Gasteiger partial charge in [-0.15, -0.1) is 0 Å². The SMILES string of the molecule is CC/C=C\C/C=C\C/C=C\C/C=C\C/C=C\CCCCCCCC(=O)OC(COC(=O)CCCCCCCCCCCCCCC/C=C\C/C=C\CCCCCCC)COC(OCC[N+](C)(C)C)C(=O)[O-]. The van der Waals surface area contributed by atoms with Crippen LogP contribution >= 0.6 is 0 Å². The van der Waals surface area contributed by atoms with Crippen molar-refractivity contribution < 1.29 is 42.9 Å². The average molecular weight is 995 g/mol. The molecule has 0 aliphatic carbocycles. The highest BCUT2D eigenvalue weighted by molar-refractivity contribution is 5.70. The van der Waals surface area contributed by atoms with E-state index in [0.29, 0.717) is 17.4 Å². The second kappa shape index (κ2) is 52.8. The Labute approximate surface area is 436 Å². The third-order valence-corrected chi connectivity index (χ3v) is 12.1. The van der Waals surface area contributed by atoms with E-state index in [1.54, 1.807) is 0 Å². The zero-order valence-corrected chi connectivity index (χ0v) is 46.3. The average Bonchev–Trinajstić information content (AvgIpc) is 3.34.